The molecule has 1 saturated heterocycles. The SMILES string of the molecule is CC(C)(C)N1CCC(C#Cc2c(N)ncnc2Cl)CC1. The lowest BCUT2D eigenvalue weighted by atomic mass is 9.93. The van der Waals surface area contributed by atoms with Crippen molar-refractivity contribution in [3.63, 3.8) is 0 Å². The lowest BCUT2D eigenvalue weighted by Gasteiger charge is -2.39. The molecular formula is C15H21ClN4. The first kappa shape index (κ1) is 15.1. The van der Waals surface area contributed by atoms with Crippen molar-refractivity contribution in [3.8, 4) is 11.8 Å². The Morgan fingerprint density at radius 3 is 2.50 bits per heavy atom. The van der Waals surface area contributed by atoms with Gasteiger partial charge in [-0.05, 0) is 46.7 Å². The van der Waals surface area contributed by atoms with Crippen LogP contribution in [0.15, 0.2) is 6.33 Å². The molecule has 0 unspecified atom stereocenters. The number of nitrogen functional groups attached to an aromatic ring is 1. The van der Waals surface area contributed by atoms with Crippen LogP contribution in [0.3, 0.4) is 0 Å². The van der Waals surface area contributed by atoms with E-state index in [0.717, 1.165) is 25.9 Å². The smallest absolute Gasteiger partial charge is 0.150 e. The third-order valence-electron chi connectivity index (χ3n) is 3.68. The minimum atomic E-state index is 0.236. The molecule has 20 heavy (non-hydrogen) atoms. The summed E-state index contributed by atoms with van der Waals surface area (Å²) >= 11 is 5.99. The Bertz CT molecular complexity index is 511. The first-order valence-corrected chi connectivity index (χ1v) is 7.28. The van der Waals surface area contributed by atoms with Crippen LogP contribution in [-0.2, 0) is 0 Å². The molecule has 108 valence electrons. The summed E-state index contributed by atoms with van der Waals surface area (Å²) in [5.41, 5.74) is 6.55. The first-order chi connectivity index (χ1) is 9.38. The van der Waals surface area contributed by atoms with Crippen molar-refractivity contribution >= 4 is 17.4 Å². The van der Waals surface area contributed by atoms with E-state index in [1.54, 1.807) is 0 Å². The molecule has 0 amide bonds. The highest BCUT2D eigenvalue weighted by molar-refractivity contribution is 6.30. The molecule has 1 aliphatic heterocycles. The van der Waals surface area contributed by atoms with Gasteiger partial charge in [0.05, 0.1) is 0 Å². The lowest BCUT2D eigenvalue weighted by Crippen LogP contribution is -2.45. The molecule has 0 bridgehead atoms. The van der Waals surface area contributed by atoms with Crippen LogP contribution in [0.5, 0.6) is 0 Å². The second kappa shape index (κ2) is 5.99. The van der Waals surface area contributed by atoms with Crippen molar-refractivity contribution in [2.24, 2.45) is 5.92 Å². The van der Waals surface area contributed by atoms with Crippen molar-refractivity contribution in [1.29, 1.82) is 0 Å². The van der Waals surface area contributed by atoms with E-state index in [4.69, 9.17) is 17.3 Å². The molecule has 0 spiro atoms. The second-order valence-corrected chi connectivity index (χ2v) is 6.48. The fourth-order valence-electron chi connectivity index (χ4n) is 2.36. The fraction of sp³-hybridized carbons (Fsp3) is 0.600. The summed E-state index contributed by atoms with van der Waals surface area (Å²) in [5, 5.41) is 0.331. The molecule has 0 saturated carbocycles. The van der Waals surface area contributed by atoms with Gasteiger partial charge in [-0.25, -0.2) is 9.97 Å². The summed E-state index contributed by atoms with van der Waals surface area (Å²) in [6, 6.07) is 0. The van der Waals surface area contributed by atoms with Gasteiger partial charge in [-0.15, -0.1) is 0 Å². The Kier molecular flexibility index (Phi) is 4.52. The van der Waals surface area contributed by atoms with E-state index in [9.17, 15) is 0 Å². The van der Waals surface area contributed by atoms with E-state index in [1.165, 1.54) is 6.33 Å². The molecule has 0 radical (unpaired) electrons. The summed E-state index contributed by atoms with van der Waals surface area (Å²) in [6.07, 6.45) is 3.51. The predicted octanol–water partition coefficient (Wildman–Crippen LogP) is 2.57. The molecular weight excluding hydrogens is 272 g/mol. The number of hydrogen-bond donors (Lipinski definition) is 1. The van der Waals surface area contributed by atoms with E-state index in [1.807, 2.05) is 0 Å². The maximum atomic E-state index is 5.99. The molecule has 4 nitrogen and oxygen atoms in total. The highest BCUT2D eigenvalue weighted by Gasteiger charge is 2.26. The second-order valence-electron chi connectivity index (χ2n) is 6.13. The number of halogens is 1. The summed E-state index contributed by atoms with van der Waals surface area (Å²) < 4.78 is 0. The molecule has 1 aromatic heterocycles. The van der Waals surface area contributed by atoms with Crippen molar-refractivity contribution < 1.29 is 0 Å². The average Bonchev–Trinajstić information content (AvgIpc) is 2.37. The zero-order valence-electron chi connectivity index (χ0n) is 12.3. The molecule has 0 aliphatic carbocycles. The summed E-state index contributed by atoms with van der Waals surface area (Å²) in [6.45, 7) is 8.91. The normalized spacial score (nSPS) is 17.6. The Hall–Kier alpha value is -1.31. The standard InChI is InChI=1S/C15H21ClN4/c1-15(2,3)20-8-6-11(7-9-20)4-5-12-13(16)18-10-19-14(12)17/h10-11H,6-9H2,1-3H3,(H2,17,18,19). The molecule has 0 aromatic carbocycles. The van der Waals surface area contributed by atoms with Gasteiger partial charge in [0, 0.05) is 11.5 Å². The van der Waals surface area contributed by atoms with Crippen molar-refractivity contribution in [3.05, 3.63) is 17.0 Å². The van der Waals surface area contributed by atoms with Gasteiger partial charge in [-0.3, -0.25) is 4.90 Å². The van der Waals surface area contributed by atoms with Crippen LogP contribution in [0, 0.1) is 17.8 Å². The van der Waals surface area contributed by atoms with Crippen LogP contribution in [0.1, 0.15) is 39.2 Å². The quantitative estimate of drug-likeness (QED) is 0.590. The van der Waals surface area contributed by atoms with E-state index >= 15 is 0 Å². The first-order valence-electron chi connectivity index (χ1n) is 6.90. The highest BCUT2D eigenvalue weighted by atomic mass is 35.5. The molecule has 2 heterocycles. The van der Waals surface area contributed by atoms with Gasteiger partial charge in [0.25, 0.3) is 0 Å². The maximum Gasteiger partial charge on any atom is 0.150 e. The number of likely N-dealkylation sites (tertiary alicyclic amines) is 1. The Morgan fingerprint density at radius 2 is 1.95 bits per heavy atom. The van der Waals surface area contributed by atoms with Gasteiger partial charge in [0.2, 0.25) is 0 Å². The van der Waals surface area contributed by atoms with Crippen LogP contribution in [0.25, 0.3) is 0 Å². The van der Waals surface area contributed by atoms with E-state index in [-0.39, 0.29) is 5.54 Å². The third-order valence-corrected chi connectivity index (χ3v) is 3.96. The fourth-order valence-corrected chi connectivity index (χ4v) is 2.55. The van der Waals surface area contributed by atoms with Gasteiger partial charge in [0.1, 0.15) is 22.9 Å². The number of nitrogens with zero attached hydrogens (tertiary/aromatic N) is 3. The predicted molar refractivity (Wildman–Crippen MR) is 82.4 cm³/mol. The van der Waals surface area contributed by atoms with Gasteiger partial charge < -0.3 is 5.73 Å². The van der Waals surface area contributed by atoms with Crippen molar-refractivity contribution in [1.82, 2.24) is 14.9 Å². The largest absolute Gasteiger partial charge is 0.383 e. The van der Waals surface area contributed by atoms with Crippen LogP contribution in [0.2, 0.25) is 5.15 Å². The van der Waals surface area contributed by atoms with Gasteiger partial charge in [-0.2, -0.15) is 0 Å². The molecule has 1 aromatic rings. The maximum absolute atomic E-state index is 5.99. The van der Waals surface area contributed by atoms with E-state index in [2.05, 4.69) is 47.5 Å². The zero-order chi connectivity index (χ0) is 14.8. The number of rotatable bonds is 0. The van der Waals surface area contributed by atoms with Crippen molar-refractivity contribution in [2.75, 3.05) is 18.8 Å². The number of aromatic nitrogens is 2. The molecule has 5 heteroatoms. The van der Waals surface area contributed by atoms with Gasteiger partial charge in [0.15, 0.2) is 0 Å². The molecule has 2 rings (SSSR count). The monoisotopic (exact) mass is 292 g/mol. The minimum Gasteiger partial charge on any atom is -0.383 e. The van der Waals surface area contributed by atoms with Gasteiger partial charge in [-0.1, -0.05) is 23.4 Å². The molecule has 1 fully saturated rings. The topological polar surface area (TPSA) is 55.0 Å². The summed E-state index contributed by atoms with van der Waals surface area (Å²) in [7, 11) is 0. The van der Waals surface area contributed by atoms with Crippen LogP contribution in [0.4, 0.5) is 5.82 Å². The lowest BCUT2D eigenvalue weighted by molar-refractivity contribution is 0.0987. The molecule has 0 atom stereocenters. The average molecular weight is 293 g/mol. The number of hydrogen-bond acceptors (Lipinski definition) is 4. The number of piperidine rings is 1. The van der Waals surface area contributed by atoms with Gasteiger partial charge >= 0.3 is 0 Å². The van der Waals surface area contributed by atoms with Crippen molar-refractivity contribution in [2.45, 2.75) is 39.2 Å². The Labute approximate surface area is 125 Å². The number of nitrogens with two attached hydrogens (primary N) is 1. The van der Waals surface area contributed by atoms with Crippen LogP contribution >= 0.6 is 11.6 Å². The highest BCUT2D eigenvalue weighted by Crippen LogP contribution is 2.23. The third kappa shape index (κ3) is 3.62. The van der Waals surface area contributed by atoms with E-state index < -0.39 is 0 Å². The Balaban J connectivity index is 2.02. The Morgan fingerprint density at radius 1 is 1.30 bits per heavy atom. The molecule has 2 N–H and O–H groups in total. The van der Waals surface area contributed by atoms with Crippen LogP contribution < -0.4 is 5.73 Å². The minimum absolute atomic E-state index is 0.236. The summed E-state index contributed by atoms with van der Waals surface area (Å²) in [4.78, 5) is 10.3. The summed E-state index contributed by atoms with van der Waals surface area (Å²) in [5.74, 6) is 7.07. The van der Waals surface area contributed by atoms with Crippen LogP contribution in [-0.4, -0.2) is 33.5 Å². The number of anilines is 1. The molecule has 1 aliphatic rings. The van der Waals surface area contributed by atoms with E-state index in [0.29, 0.717) is 22.5 Å². The zero-order valence-corrected chi connectivity index (χ0v) is 13.0.